The van der Waals surface area contributed by atoms with Crippen LogP contribution in [0, 0.1) is 0 Å². The van der Waals surface area contributed by atoms with E-state index in [0.717, 1.165) is 18.2 Å². The minimum atomic E-state index is -4.67. The summed E-state index contributed by atoms with van der Waals surface area (Å²) < 4.78 is 79.9. The Morgan fingerprint density at radius 1 is 0.931 bits per heavy atom. The summed E-state index contributed by atoms with van der Waals surface area (Å²) in [5.74, 6) is 0. The van der Waals surface area contributed by atoms with Crippen molar-refractivity contribution in [3.63, 3.8) is 0 Å². The van der Waals surface area contributed by atoms with Gasteiger partial charge in [0.25, 0.3) is 0 Å². The van der Waals surface area contributed by atoms with E-state index in [2.05, 4.69) is 4.98 Å². The van der Waals surface area contributed by atoms with Gasteiger partial charge in [0, 0.05) is 16.1 Å². The van der Waals surface area contributed by atoms with Crippen LogP contribution in [0.1, 0.15) is 29.5 Å². The van der Waals surface area contributed by atoms with E-state index >= 15 is 0 Å². The molecule has 1 heterocycles. The van der Waals surface area contributed by atoms with Crippen molar-refractivity contribution in [2.45, 2.75) is 31.6 Å². The molecule has 0 radical (unpaired) electrons. The summed E-state index contributed by atoms with van der Waals surface area (Å²) in [6, 6.07) is 6.70. The maximum atomic E-state index is 13.5. The minimum Gasteiger partial charge on any atom is -0.354 e. The summed E-state index contributed by atoms with van der Waals surface area (Å²) in [6.07, 6.45) is -7.69. The average Bonchev–Trinajstić information content (AvgIpc) is 2.98. The number of nitrogens with one attached hydrogen (secondary N) is 1. The number of H-pyrrole nitrogens is 1. The second-order valence-corrected chi connectivity index (χ2v) is 7.11. The van der Waals surface area contributed by atoms with Crippen LogP contribution in [0.4, 0.5) is 26.3 Å². The van der Waals surface area contributed by atoms with Crippen LogP contribution in [-0.4, -0.2) is 11.5 Å². The van der Waals surface area contributed by atoms with Crippen molar-refractivity contribution >= 4 is 22.5 Å². The van der Waals surface area contributed by atoms with Crippen molar-refractivity contribution in [2.24, 2.45) is 5.73 Å². The number of aromatic nitrogens is 1. The van der Waals surface area contributed by atoms with Gasteiger partial charge in [-0.1, -0.05) is 23.7 Å². The number of hydrogen-bond acceptors (Lipinski definition) is 1. The molecule has 2 aromatic carbocycles. The Bertz CT molecular complexity index is 1020. The fraction of sp³-hybridized carbons (Fsp3) is 0.300. The monoisotopic (exact) mass is 434 g/mol. The molecule has 0 spiro atoms. The molecule has 0 bridgehead atoms. The van der Waals surface area contributed by atoms with Gasteiger partial charge in [-0.25, -0.2) is 0 Å². The molecule has 0 saturated carbocycles. The Hall–Kier alpha value is -2.19. The van der Waals surface area contributed by atoms with E-state index in [-0.39, 0.29) is 27.2 Å². The lowest BCUT2D eigenvalue weighted by Gasteiger charge is -2.10. The molecule has 3 rings (SSSR count). The predicted molar refractivity (Wildman–Crippen MR) is 101 cm³/mol. The summed E-state index contributed by atoms with van der Waals surface area (Å²) in [7, 11) is 0. The highest BCUT2D eigenvalue weighted by atomic mass is 35.5. The van der Waals surface area contributed by atoms with Crippen LogP contribution in [0.25, 0.3) is 22.2 Å². The highest BCUT2D eigenvalue weighted by Crippen LogP contribution is 2.41. The first-order chi connectivity index (χ1) is 13.5. The lowest BCUT2D eigenvalue weighted by atomic mass is 9.98. The van der Waals surface area contributed by atoms with Crippen LogP contribution in [-0.2, 0) is 18.8 Å². The van der Waals surface area contributed by atoms with E-state index < -0.39 is 23.5 Å². The second-order valence-electron chi connectivity index (χ2n) is 6.68. The quantitative estimate of drug-likeness (QED) is 0.336. The van der Waals surface area contributed by atoms with Gasteiger partial charge < -0.3 is 10.7 Å². The van der Waals surface area contributed by atoms with Crippen molar-refractivity contribution in [1.82, 2.24) is 4.98 Å². The lowest BCUT2D eigenvalue weighted by molar-refractivity contribution is -0.138. The molecule has 0 amide bonds. The largest absolute Gasteiger partial charge is 0.418 e. The SMILES string of the molecule is NCCCCc1c(-c2cccc(C(F)(F)F)c2)[nH]c2c(C(F)(F)F)cc(Cl)cc12. The summed E-state index contributed by atoms with van der Waals surface area (Å²) >= 11 is 5.92. The smallest absolute Gasteiger partial charge is 0.354 e. The van der Waals surface area contributed by atoms with Crippen molar-refractivity contribution < 1.29 is 26.3 Å². The van der Waals surface area contributed by atoms with Gasteiger partial charge in [-0.2, -0.15) is 26.3 Å². The number of halogens is 7. The van der Waals surface area contributed by atoms with E-state index in [1.165, 1.54) is 18.2 Å². The minimum absolute atomic E-state index is 0.0977. The number of hydrogen-bond donors (Lipinski definition) is 2. The van der Waals surface area contributed by atoms with Crippen LogP contribution in [0.3, 0.4) is 0 Å². The summed E-state index contributed by atoms with van der Waals surface area (Å²) in [6.45, 7) is 0.399. The Morgan fingerprint density at radius 3 is 2.28 bits per heavy atom. The van der Waals surface area contributed by atoms with Gasteiger partial charge in [0.1, 0.15) is 0 Å². The van der Waals surface area contributed by atoms with Gasteiger partial charge in [-0.3, -0.25) is 0 Å². The highest BCUT2D eigenvalue weighted by molar-refractivity contribution is 6.31. The molecule has 0 aliphatic carbocycles. The molecule has 0 unspecified atom stereocenters. The lowest BCUT2D eigenvalue weighted by Crippen LogP contribution is -2.06. The first kappa shape index (κ1) is 21.5. The number of rotatable bonds is 5. The highest BCUT2D eigenvalue weighted by Gasteiger charge is 2.35. The molecule has 0 saturated heterocycles. The van der Waals surface area contributed by atoms with Gasteiger partial charge in [0.05, 0.1) is 16.6 Å². The van der Waals surface area contributed by atoms with Gasteiger partial charge in [0.2, 0.25) is 0 Å². The van der Waals surface area contributed by atoms with Crippen LogP contribution in [0.15, 0.2) is 36.4 Å². The summed E-state index contributed by atoms with van der Waals surface area (Å²) in [4.78, 5) is 2.71. The number of aryl methyl sites for hydroxylation is 1. The standard InChI is InChI=1S/C20H17ClF6N2/c21-13-9-15-14(6-1-2-7-28)17(29-18(15)16(10-13)20(25,26)27)11-4-3-5-12(8-11)19(22,23)24/h3-5,8-10,29H,1-2,6-7,28H2. The number of nitrogens with two attached hydrogens (primary N) is 1. The van der Waals surface area contributed by atoms with Crippen LogP contribution in [0.2, 0.25) is 5.02 Å². The summed E-state index contributed by atoms with van der Waals surface area (Å²) in [5.41, 5.74) is 4.32. The summed E-state index contributed by atoms with van der Waals surface area (Å²) in [5, 5.41) is 0.147. The normalized spacial score (nSPS) is 12.7. The third-order valence-corrected chi connectivity index (χ3v) is 4.86. The van der Waals surface area contributed by atoms with Gasteiger partial charge >= 0.3 is 12.4 Å². The molecule has 1 aromatic heterocycles. The van der Waals surface area contributed by atoms with Crippen LogP contribution < -0.4 is 5.73 Å². The zero-order valence-electron chi connectivity index (χ0n) is 15.0. The zero-order valence-corrected chi connectivity index (χ0v) is 15.8. The van der Waals surface area contributed by atoms with Crippen molar-refractivity contribution in [3.8, 4) is 11.3 Å². The fourth-order valence-electron chi connectivity index (χ4n) is 3.34. The predicted octanol–water partition coefficient (Wildman–Crippen LogP) is 6.81. The Balaban J connectivity index is 2.27. The van der Waals surface area contributed by atoms with E-state index in [1.807, 2.05) is 0 Å². The van der Waals surface area contributed by atoms with Crippen molar-refractivity contribution in [1.29, 1.82) is 0 Å². The topological polar surface area (TPSA) is 41.8 Å². The number of aromatic amines is 1. The molecule has 0 aliphatic rings. The van der Waals surface area contributed by atoms with E-state index in [9.17, 15) is 26.3 Å². The molecule has 0 fully saturated rings. The number of benzene rings is 2. The second kappa shape index (κ2) is 7.91. The van der Waals surface area contributed by atoms with E-state index in [1.54, 1.807) is 0 Å². The number of fused-ring (bicyclic) bond motifs is 1. The van der Waals surface area contributed by atoms with Gasteiger partial charge in [0.15, 0.2) is 0 Å². The fourth-order valence-corrected chi connectivity index (χ4v) is 3.56. The average molecular weight is 435 g/mol. The molecular formula is C20H17ClF6N2. The van der Waals surface area contributed by atoms with Crippen LogP contribution >= 0.6 is 11.6 Å². The molecule has 156 valence electrons. The van der Waals surface area contributed by atoms with Crippen molar-refractivity contribution in [3.05, 3.63) is 58.1 Å². The molecule has 29 heavy (non-hydrogen) atoms. The first-order valence-corrected chi connectivity index (χ1v) is 9.19. The Labute approximate surface area is 167 Å². The molecule has 2 nitrogen and oxygen atoms in total. The molecule has 0 aliphatic heterocycles. The van der Waals surface area contributed by atoms with Crippen LogP contribution in [0.5, 0.6) is 0 Å². The van der Waals surface area contributed by atoms with Crippen molar-refractivity contribution in [2.75, 3.05) is 6.54 Å². The van der Waals surface area contributed by atoms with E-state index in [4.69, 9.17) is 17.3 Å². The molecule has 9 heteroatoms. The number of unbranched alkanes of at least 4 members (excludes halogenated alkanes) is 1. The number of alkyl halides is 6. The third kappa shape index (κ3) is 4.53. The zero-order chi connectivity index (χ0) is 21.4. The first-order valence-electron chi connectivity index (χ1n) is 8.81. The van der Waals surface area contributed by atoms with E-state index in [0.29, 0.717) is 31.4 Å². The molecular weight excluding hydrogens is 418 g/mol. The van der Waals surface area contributed by atoms with Gasteiger partial charge in [-0.05, 0) is 61.2 Å². The molecule has 0 atom stereocenters. The Morgan fingerprint density at radius 2 is 1.66 bits per heavy atom. The maximum Gasteiger partial charge on any atom is 0.418 e. The molecule has 3 N–H and O–H groups in total. The molecule has 3 aromatic rings. The Kier molecular flexibility index (Phi) is 5.87. The third-order valence-electron chi connectivity index (χ3n) is 4.64. The van der Waals surface area contributed by atoms with Gasteiger partial charge in [-0.15, -0.1) is 0 Å². The maximum absolute atomic E-state index is 13.5.